The topological polar surface area (TPSA) is 77.3 Å². The minimum Gasteiger partial charge on any atom is -0.462 e. The van der Waals surface area contributed by atoms with Gasteiger partial charge in [0.1, 0.15) is 12.1 Å². The lowest BCUT2D eigenvalue weighted by Gasteiger charge is -2.16. The summed E-state index contributed by atoms with van der Waals surface area (Å²) in [7, 11) is 0. The van der Waals surface area contributed by atoms with E-state index in [-0.39, 0.29) is 18.4 Å². The number of benzene rings is 2. The van der Waals surface area contributed by atoms with E-state index in [1.54, 1.807) is 23.4 Å². The molecule has 7 heteroatoms. The van der Waals surface area contributed by atoms with Crippen LogP contribution in [0.2, 0.25) is 0 Å². The minimum atomic E-state index is -0.444. The van der Waals surface area contributed by atoms with Crippen molar-refractivity contribution in [3.63, 3.8) is 0 Å². The van der Waals surface area contributed by atoms with Gasteiger partial charge in [-0.05, 0) is 36.4 Å². The molecule has 1 unspecified atom stereocenters. The molecule has 0 radical (unpaired) electrons. The molecule has 7 nitrogen and oxygen atoms in total. The van der Waals surface area contributed by atoms with Crippen molar-refractivity contribution in [1.29, 1.82) is 0 Å². The fourth-order valence-corrected chi connectivity index (χ4v) is 3.82. The first-order valence-corrected chi connectivity index (χ1v) is 10.1. The van der Waals surface area contributed by atoms with E-state index in [9.17, 15) is 9.59 Å². The Bertz CT molecular complexity index is 1230. The number of nitrogens with zero attached hydrogens (tertiary/aromatic N) is 4. The third-order valence-corrected chi connectivity index (χ3v) is 5.41. The summed E-state index contributed by atoms with van der Waals surface area (Å²) in [6, 6.07) is 20.8. The molecule has 1 aliphatic heterocycles. The van der Waals surface area contributed by atoms with Gasteiger partial charge in [-0.15, -0.1) is 0 Å². The van der Waals surface area contributed by atoms with Gasteiger partial charge in [0.2, 0.25) is 5.91 Å². The van der Waals surface area contributed by atoms with E-state index < -0.39 is 5.97 Å². The van der Waals surface area contributed by atoms with Crippen molar-refractivity contribution in [2.75, 3.05) is 18.1 Å². The second-order valence-electron chi connectivity index (χ2n) is 7.52. The highest BCUT2D eigenvalue weighted by atomic mass is 16.5. The molecule has 4 aromatic rings. The van der Waals surface area contributed by atoms with E-state index in [2.05, 4.69) is 9.97 Å². The number of carbonyl (C=O) groups excluding carboxylic acids is 2. The Balaban J connectivity index is 1.22. The summed E-state index contributed by atoms with van der Waals surface area (Å²) in [4.78, 5) is 35.3. The number of ether oxygens (including phenoxy) is 1. The van der Waals surface area contributed by atoms with Crippen molar-refractivity contribution in [2.24, 2.45) is 5.92 Å². The average molecular weight is 412 g/mol. The normalized spacial score (nSPS) is 16.1. The van der Waals surface area contributed by atoms with Gasteiger partial charge in [-0.3, -0.25) is 9.36 Å². The number of imidazole rings is 1. The number of carbonyl (C=O) groups is 2. The Labute approximate surface area is 178 Å². The second kappa shape index (κ2) is 8.02. The molecule has 1 aliphatic rings. The van der Waals surface area contributed by atoms with E-state index in [4.69, 9.17) is 4.74 Å². The quantitative estimate of drug-likeness (QED) is 0.468. The van der Waals surface area contributed by atoms with Crippen LogP contribution >= 0.6 is 0 Å². The first-order chi connectivity index (χ1) is 15.2. The molecule has 1 fully saturated rings. The third kappa shape index (κ3) is 3.77. The van der Waals surface area contributed by atoms with E-state index >= 15 is 0 Å². The molecule has 0 saturated carbocycles. The Morgan fingerprint density at radius 2 is 1.81 bits per heavy atom. The zero-order valence-corrected chi connectivity index (χ0v) is 16.7. The van der Waals surface area contributed by atoms with Crippen LogP contribution in [0.15, 0.2) is 79.3 Å². The number of aromatic nitrogens is 3. The fraction of sp³-hybridized carbons (Fsp3) is 0.167. The Morgan fingerprint density at radius 1 is 1.00 bits per heavy atom. The number of hydrogen-bond donors (Lipinski definition) is 0. The number of para-hydroxylation sites is 3. The summed E-state index contributed by atoms with van der Waals surface area (Å²) in [6.45, 7) is 0.739. The standard InChI is InChI=1S/C24H20N4O3/c29-23-12-17(14-27(23)19-6-2-1-3-7-19)15-31-24(30)18-10-11-22(25-13-18)28-16-26-20-8-4-5-9-21(20)28/h1-11,13,16-17H,12,14-15H2. The van der Waals surface area contributed by atoms with Crippen LogP contribution in [0, 0.1) is 5.92 Å². The molecule has 31 heavy (non-hydrogen) atoms. The first-order valence-electron chi connectivity index (χ1n) is 10.1. The summed E-state index contributed by atoms with van der Waals surface area (Å²) in [5, 5.41) is 0. The molecule has 1 amide bonds. The summed E-state index contributed by atoms with van der Waals surface area (Å²) >= 11 is 0. The smallest absolute Gasteiger partial charge is 0.339 e. The predicted octanol–water partition coefficient (Wildman–Crippen LogP) is 3.63. The lowest BCUT2D eigenvalue weighted by atomic mass is 10.1. The molecule has 154 valence electrons. The summed E-state index contributed by atoms with van der Waals surface area (Å²) in [5.74, 6) is 0.248. The number of pyridine rings is 1. The van der Waals surface area contributed by atoms with E-state index in [0.29, 0.717) is 24.3 Å². The Kier molecular flexibility index (Phi) is 4.92. The van der Waals surface area contributed by atoms with Gasteiger partial charge in [-0.1, -0.05) is 30.3 Å². The number of esters is 1. The van der Waals surface area contributed by atoms with Gasteiger partial charge in [0, 0.05) is 30.8 Å². The highest BCUT2D eigenvalue weighted by Crippen LogP contribution is 2.25. The number of amides is 1. The van der Waals surface area contributed by atoms with Crippen molar-refractivity contribution in [1.82, 2.24) is 14.5 Å². The van der Waals surface area contributed by atoms with E-state index in [1.165, 1.54) is 6.20 Å². The maximum Gasteiger partial charge on any atom is 0.339 e. The highest BCUT2D eigenvalue weighted by molar-refractivity contribution is 5.95. The largest absolute Gasteiger partial charge is 0.462 e. The Hall–Kier alpha value is -4.00. The molecule has 1 saturated heterocycles. The first kappa shape index (κ1) is 19.0. The van der Waals surface area contributed by atoms with Crippen LogP contribution in [0.3, 0.4) is 0 Å². The van der Waals surface area contributed by atoms with Crippen LogP contribution in [0.1, 0.15) is 16.8 Å². The van der Waals surface area contributed by atoms with Gasteiger partial charge < -0.3 is 9.64 Å². The lowest BCUT2D eigenvalue weighted by molar-refractivity contribution is -0.117. The summed E-state index contributed by atoms with van der Waals surface area (Å²) in [5.41, 5.74) is 3.06. The third-order valence-electron chi connectivity index (χ3n) is 5.41. The SMILES string of the molecule is O=C(OCC1CC(=O)N(c2ccccc2)C1)c1ccc(-n2cnc3ccccc32)nc1. The number of anilines is 1. The highest BCUT2D eigenvalue weighted by Gasteiger charge is 2.31. The monoisotopic (exact) mass is 412 g/mol. The van der Waals surface area contributed by atoms with Gasteiger partial charge in [0.25, 0.3) is 0 Å². The van der Waals surface area contributed by atoms with Crippen LogP contribution in [0.4, 0.5) is 5.69 Å². The molecule has 5 rings (SSSR count). The van der Waals surface area contributed by atoms with Crippen molar-refractivity contribution in [2.45, 2.75) is 6.42 Å². The molecule has 1 atom stereocenters. The van der Waals surface area contributed by atoms with Crippen LogP contribution in [0.5, 0.6) is 0 Å². The van der Waals surface area contributed by atoms with Crippen molar-refractivity contribution in [3.8, 4) is 5.82 Å². The molecule has 2 aromatic heterocycles. The molecule has 3 heterocycles. The van der Waals surface area contributed by atoms with Gasteiger partial charge in [0.05, 0.1) is 23.2 Å². The average Bonchev–Trinajstić information content (AvgIpc) is 3.41. The number of fused-ring (bicyclic) bond motifs is 1. The maximum absolute atomic E-state index is 12.5. The van der Waals surface area contributed by atoms with Crippen LogP contribution in [-0.4, -0.2) is 39.6 Å². The minimum absolute atomic E-state index is 0.0267. The van der Waals surface area contributed by atoms with Crippen LogP contribution < -0.4 is 4.90 Å². The molecule has 0 aliphatic carbocycles. The molecule has 0 N–H and O–H groups in total. The zero-order valence-electron chi connectivity index (χ0n) is 16.7. The fourth-order valence-electron chi connectivity index (χ4n) is 3.82. The van der Waals surface area contributed by atoms with Crippen molar-refractivity contribution in [3.05, 3.63) is 84.8 Å². The Morgan fingerprint density at radius 3 is 2.61 bits per heavy atom. The van der Waals surface area contributed by atoms with E-state index in [1.807, 2.05) is 59.2 Å². The molecular formula is C24H20N4O3. The van der Waals surface area contributed by atoms with Gasteiger partial charge in [0.15, 0.2) is 0 Å². The molecule has 0 spiro atoms. The maximum atomic E-state index is 12.5. The lowest BCUT2D eigenvalue weighted by Crippen LogP contribution is -2.25. The molecule has 2 aromatic carbocycles. The number of rotatable bonds is 5. The van der Waals surface area contributed by atoms with Crippen LogP contribution in [-0.2, 0) is 9.53 Å². The van der Waals surface area contributed by atoms with Gasteiger partial charge in [-0.2, -0.15) is 0 Å². The summed E-state index contributed by atoms with van der Waals surface area (Å²) < 4.78 is 7.34. The molecule has 0 bridgehead atoms. The predicted molar refractivity (Wildman–Crippen MR) is 116 cm³/mol. The van der Waals surface area contributed by atoms with Crippen LogP contribution in [0.25, 0.3) is 16.9 Å². The zero-order chi connectivity index (χ0) is 21.2. The number of hydrogen-bond acceptors (Lipinski definition) is 5. The van der Waals surface area contributed by atoms with Crippen molar-refractivity contribution >= 4 is 28.6 Å². The second-order valence-corrected chi connectivity index (χ2v) is 7.52. The van der Waals surface area contributed by atoms with Gasteiger partial charge in [-0.25, -0.2) is 14.8 Å². The summed E-state index contributed by atoms with van der Waals surface area (Å²) in [6.07, 6.45) is 3.58. The van der Waals surface area contributed by atoms with Crippen molar-refractivity contribution < 1.29 is 14.3 Å². The van der Waals surface area contributed by atoms with E-state index in [0.717, 1.165) is 16.7 Å². The molecular weight excluding hydrogens is 392 g/mol. The van der Waals surface area contributed by atoms with Gasteiger partial charge >= 0.3 is 5.97 Å².